The van der Waals surface area contributed by atoms with Crippen molar-refractivity contribution >= 4 is 45.3 Å². The van der Waals surface area contributed by atoms with Crippen molar-refractivity contribution < 1.29 is 9.59 Å². The number of anilines is 2. The second kappa shape index (κ2) is 5.30. The number of ketones is 2. The highest BCUT2D eigenvalue weighted by atomic mass is 35.5. The maximum absolute atomic E-state index is 12.6. The van der Waals surface area contributed by atoms with Gasteiger partial charge in [0.25, 0.3) is 0 Å². The number of hydrogen-bond acceptors (Lipinski definition) is 5. The van der Waals surface area contributed by atoms with Gasteiger partial charge >= 0.3 is 0 Å². The van der Waals surface area contributed by atoms with Gasteiger partial charge < -0.3 is 5.32 Å². The predicted octanol–water partition coefficient (Wildman–Crippen LogP) is 4.32. The van der Waals surface area contributed by atoms with Crippen LogP contribution in [0, 0.1) is 0 Å². The maximum Gasteiger partial charge on any atom is 0.213 e. The van der Waals surface area contributed by atoms with Crippen LogP contribution in [0.3, 0.4) is 0 Å². The number of benzene rings is 2. The van der Waals surface area contributed by atoms with E-state index in [0.29, 0.717) is 31.8 Å². The molecule has 0 bridgehead atoms. The van der Waals surface area contributed by atoms with Gasteiger partial charge in [-0.25, -0.2) is 4.98 Å². The Morgan fingerprint density at radius 2 is 1.57 bits per heavy atom. The lowest BCUT2D eigenvalue weighted by Crippen LogP contribution is -2.19. The fourth-order valence-corrected chi connectivity index (χ4v) is 3.60. The van der Waals surface area contributed by atoms with Crippen molar-refractivity contribution in [3.63, 3.8) is 0 Å². The van der Waals surface area contributed by atoms with E-state index in [1.54, 1.807) is 36.4 Å². The van der Waals surface area contributed by atoms with E-state index in [1.807, 2.05) is 12.1 Å². The third kappa shape index (κ3) is 2.25. The molecule has 0 unspecified atom stereocenters. The van der Waals surface area contributed by atoms with Gasteiger partial charge in [0.15, 0.2) is 5.13 Å². The lowest BCUT2D eigenvalue weighted by molar-refractivity contribution is 0.0979. The Labute approximate surface area is 140 Å². The van der Waals surface area contributed by atoms with Crippen molar-refractivity contribution in [1.29, 1.82) is 0 Å². The van der Waals surface area contributed by atoms with Crippen LogP contribution >= 0.6 is 22.9 Å². The van der Waals surface area contributed by atoms with E-state index in [2.05, 4.69) is 10.3 Å². The molecule has 0 atom stereocenters. The highest BCUT2D eigenvalue weighted by Gasteiger charge is 2.33. The third-order valence-electron chi connectivity index (χ3n) is 3.58. The first-order valence-electron chi connectivity index (χ1n) is 6.86. The first kappa shape index (κ1) is 14.1. The molecule has 0 spiro atoms. The van der Waals surface area contributed by atoms with Gasteiger partial charge in [-0.05, 0) is 12.1 Å². The van der Waals surface area contributed by atoms with E-state index in [-0.39, 0.29) is 17.3 Å². The number of carbonyl (C=O) groups is 2. The fraction of sp³-hybridized carbons (Fsp3) is 0. The molecule has 3 aromatic rings. The first-order chi connectivity index (χ1) is 11.1. The van der Waals surface area contributed by atoms with Crippen LogP contribution in [-0.2, 0) is 0 Å². The highest BCUT2D eigenvalue weighted by molar-refractivity contribution is 7.18. The van der Waals surface area contributed by atoms with Crippen LogP contribution in [0.5, 0.6) is 0 Å². The van der Waals surface area contributed by atoms with Crippen LogP contribution in [0.2, 0.25) is 5.02 Å². The number of fused-ring (bicyclic) bond motifs is 2. The monoisotopic (exact) mass is 340 g/mol. The number of halogens is 1. The van der Waals surface area contributed by atoms with Crippen molar-refractivity contribution in [2.45, 2.75) is 0 Å². The van der Waals surface area contributed by atoms with E-state index in [1.165, 1.54) is 0 Å². The molecule has 0 saturated heterocycles. The van der Waals surface area contributed by atoms with Crippen LogP contribution in [0.1, 0.15) is 31.3 Å². The van der Waals surface area contributed by atoms with Crippen LogP contribution < -0.4 is 5.32 Å². The van der Waals surface area contributed by atoms with Gasteiger partial charge in [-0.15, -0.1) is 0 Å². The summed E-state index contributed by atoms with van der Waals surface area (Å²) >= 11 is 7.27. The Hall–Kier alpha value is -2.50. The Morgan fingerprint density at radius 1 is 0.913 bits per heavy atom. The zero-order valence-corrected chi connectivity index (χ0v) is 13.2. The summed E-state index contributed by atoms with van der Waals surface area (Å²) in [5.74, 6) is -0.390. The SMILES string of the molecule is O=C1c2ccccc2C(=O)c2sc(Nc3ccccc3Cl)nc21. The van der Waals surface area contributed by atoms with Gasteiger partial charge in [-0.1, -0.05) is 59.3 Å². The second-order valence-corrected chi connectivity index (χ2v) is 6.41. The molecule has 0 saturated carbocycles. The van der Waals surface area contributed by atoms with E-state index in [9.17, 15) is 9.59 Å². The molecular formula is C17H9ClN2O2S. The lowest BCUT2D eigenvalue weighted by Gasteiger charge is -2.11. The van der Waals surface area contributed by atoms with Crippen molar-refractivity contribution in [3.8, 4) is 0 Å². The molecule has 6 heteroatoms. The lowest BCUT2D eigenvalue weighted by atomic mass is 9.91. The molecule has 1 heterocycles. The van der Waals surface area contributed by atoms with Gasteiger partial charge in [-0.2, -0.15) is 0 Å². The minimum atomic E-state index is -0.223. The van der Waals surface area contributed by atoms with Gasteiger partial charge in [0.2, 0.25) is 11.6 Å². The Kier molecular flexibility index (Phi) is 3.25. The normalized spacial score (nSPS) is 12.7. The topological polar surface area (TPSA) is 59.1 Å². The number of para-hydroxylation sites is 1. The highest BCUT2D eigenvalue weighted by Crippen LogP contribution is 2.35. The van der Waals surface area contributed by atoms with Crippen LogP contribution in [-0.4, -0.2) is 16.6 Å². The maximum atomic E-state index is 12.6. The molecule has 0 amide bonds. The number of nitrogens with one attached hydrogen (secondary N) is 1. The van der Waals surface area contributed by atoms with Crippen molar-refractivity contribution in [2.75, 3.05) is 5.32 Å². The summed E-state index contributed by atoms with van der Waals surface area (Å²) in [7, 11) is 0. The summed E-state index contributed by atoms with van der Waals surface area (Å²) in [5.41, 5.74) is 1.71. The number of hydrogen-bond donors (Lipinski definition) is 1. The summed E-state index contributed by atoms with van der Waals surface area (Å²) in [5, 5.41) is 4.08. The van der Waals surface area contributed by atoms with Gasteiger partial charge in [-0.3, -0.25) is 9.59 Å². The zero-order chi connectivity index (χ0) is 16.0. The second-order valence-electron chi connectivity index (χ2n) is 5.01. The molecule has 0 fully saturated rings. The molecule has 1 aliphatic carbocycles. The summed E-state index contributed by atoms with van der Waals surface area (Å²) in [6, 6.07) is 14.0. The standard InChI is InChI=1S/C17H9ClN2O2S/c18-11-7-3-4-8-12(11)19-17-20-13-14(21)9-5-1-2-6-10(9)15(22)16(13)23-17/h1-8H,(H,19,20). The molecule has 4 nitrogen and oxygen atoms in total. The first-order valence-corrected chi connectivity index (χ1v) is 8.05. The Morgan fingerprint density at radius 3 is 2.30 bits per heavy atom. The van der Waals surface area contributed by atoms with Crippen LogP contribution in [0.15, 0.2) is 48.5 Å². The fourth-order valence-electron chi connectivity index (χ4n) is 2.49. The average Bonchev–Trinajstić information content (AvgIpc) is 2.99. The molecular weight excluding hydrogens is 332 g/mol. The number of rotatable bonds is 2. The molecule has 2 aromatic carbocycles. The largest absolute Gasteiger partial charge is 0.330 e. The van der Waals surface area contributed by atoms with Crippen molar-refractivity contribution in [3.05, 3.63) is 75.3 Å². The Bertz CT molecular complexity index is 912. The zero-order valence-electron chi connectivity index (χ0n) is 11.7. The van der Waals surface area contributed by atoms with E-state index >= 15 is 0 Å². The number of aromatic nitrogens is 1. The molecule has 4 rings (SSSR count). The average molecular weight is 341 g/mol. The van der Waals surface area contributed by atoms with Crippen LogP contribution in [0.25, 0.3) is 0 Å². The van der Waals surface area contributed by atoms with E-state index in [0.717, 1.165) is 11.3 Å². The number of carbonyl (C=O) groups excluding carboxylic acids is 2. The third-order valence-corrected chi connectivity index (χ3v) is 4.88. The van der Waals surface area contributed by atoms with Crippen molar-refractivity contribution in [1.82, 2.24) is 4.98 Å². The molecule has 1 N–H and O–H groups in total. The molecule has 1 aromatic heterocycles. The van der Waals surface area contributed by atoms with Gasteiger partial charge in [0.05, 0.1) is 10.7 Å². The molecule has 23 heavy (non-hydrogen) atoms. The minimum Gasteiger partial charge on any atom is -0.330 e. The summed E-state index contributed by atoms with van der Waals surface area (Å²) in [4.78, 5) is 29.7. The predicted molar refractivity (Wildman–Crippen MR) is 90.2 cm³/mol. The number of nitrogens with zero attached hydrogens (tertiary/aromatic N) is 1. The molecule has 112 valence electrons. The quantitative estimate of drug-likeness (QED) is 0.590. The minimum absolute atomic E-state index is 0.167. The van der Waals surface area contributed by atoms with Crippen molar-refractivity contribution in [2.24, 2.45) is 0 Å². The van der Waals surface area contributed by atoms with Gasteiger partial charge in [0, 0.05) is 11.1 Å². The van der Waals surface area contributed by atoms with E-state index < -0.39 is 0 Å². The van der Waals surface area contributed by atoms with Crippen LogP contribution in [0.4, 0.5) is 10.8 Å². The number of thiazole rings is 1. The van der Waals surface area contributed by atoms with Gasteiger partial charge in [0.1, 0.15) is 10.6 Å². The smallest absolute Gasteiger partial charge is 0.213 e. The molecule has 0 radical (unpaired) electrons. The summed E-state index contributed by atoms with van der Waals surface area (Å²) < 4.78 is 0. The summed E-state index contributed by atoms with van der Waals surface area (Å²) in [6.45, 7) is 0. The molecule has 0 aliphatic heterocycles. The van der Waals surface area contributed by atoms with E-state index in [4.69, 9.17) is 11.6 Å². The summed E-state index contributed by atoms with van der Waals surface area (Å²) in [6.07, 6.45) is 0. The molecule has 1 aliphatic rings. The Balaban J connectivity index is 1.77.